The molecule has 226 valence electrons. The van der Waals surface area contributed by atoms with Gasteiger partial charge in [-0.3, -0.25) is 9.52 Å². The van der Waals surface area contributed by atoms with Crippen molar-refractivity contribution >= 4 is 43.9 Å². The van der Waals surface area contributed by atoms with Gasteiger partial charge in [0.2, 0.25) is 10.0 Å². The number of aromatic nitrogens is 1. The number of benzene rings is 2. The summed E-state index contributed by atoms with van der Waals surface area (Å²) in [5.41, 5.74) is 4.28. The molecule has 1 spiro atoms. The smallest absolute Gasteiger partial charge is 0.257 e. The van der Waals surface area contributed by atoms with Gasteiger partial charge in [-0.15, -0.1) is 0 Å². The van der Waals surface area contributed by atoms with Gasteiger partial charge in [0.25, 0.3) is 5.91 Å². The fourth-order valence-corrected chi connectivity index (χ4v) is 7.09. The summed E-state index contributed by atoms with van der Waals surface area (Å²) >= 11 is 0. The molecule has 11 heteroatoms. The highest BCUT2D eigenvalue weighted by Crippen LogP contribution is 2.54. The van der Waals surface area contributed by atoms with Crippen LogP contribution in [0.4, 0.5) is 17.1 Å². The third-order valence-corrected chi connectivity index (χ3v) is 10.1. The molecule has 6 rings (SSSR count). The molecule has 3 aliphatic rings. The van der Waals surface area contributed by atoms with Crippen LogP contribution in [0.3, 0.4) is 0 Å². The second-order valence-electron chi connectivity index (χ2n) is 12.4. The Labute approximate surface area is 247 Å². The summed E-state index contributed by atoms with van der Waals surface area (Å²) in [4.78, 5) is 16.1. The number of rotatable bonds is 9. The minimum absolute atomic E-state index is 0.271. The van der Waals surface area contributed by atoms with Crippen LogP contribution >= 0.6 is 0 Å². The minimum atomic E-state index is -3.71. The number of hydrogen-bond acceptors (Lipinski definition) is 7. The molecule has 10 nitrogen and oxygen atoms in total. The summed E-state index contributed by atoms with van der Waals surface area (Å²) in [5.74, 6) is 0.0960. The third kappa shape index (κ3) is 5.69. The summed E-state index contributed by atoms with van der Waals surface area (Å²) in [5, 5.41) is 13.2. The van der Waals surface area contributed by atoms with Gasteiger partial charge in [-0.2, -0.15) is 0 Å². The molecule has 0 radical (unpaired) electrons. The van der Waals surface area contributed by atoms with Crippen LogP contribution in [-0.2, 0) is 27.9 Å². The number of aliphatic hydroxyl groups excluding tert-OH is 1. The van der Waals surface area contributed by atoms with Gasteiger partial charge in [-0.05, 0) is 88.3 Å². The Morgan fingerprint density at radius 2 is 1.86 bits per heavy atom. The number of amides is 1. The first-order valence-electron chi connectivity index (χ1n) is 14.8. The zero-order valence-electron chi connectivity index (χ0n) is 24.5. The van der Waals surface area contributed by atoms with Crippen molar-refractivity contribution in [3.05, 3.63) is 47.7 Å². The maximum absolute atomic E-state index is 13.9. The van der Waals surface area contributed by atoms with Crippen LogP contribution in [0.15, 0.2) is 36.4 Å². The van der Waals surface area contributed by atoms with Gasteiger partial charge in [0, 0.05) is 24.2 Å². The van der Waals surface area contributed by atoms with Crippen LogP contribution in [-0.4, -0.2) is 61.7 Å². The summed E-state index contributed by atoms with van der Waals surface area (Å²) < 4.78 is 41.6. The van der Waals surface area contributed by atoms with E-state index in [0.29, 0.717) is 47.8 Å². The molecule has 2 aliphatic heterocycles. The lowest BCUT2D eigenvalue weighted by Gasteiger charge is -2.35. The van der Waals surface area contributed by atoms with E-state index in [1.807, 2.05) is 19.1 Å². The van der Waals surface area contributed by atoms with Crippen LogP contribution < -0.4 is 19.7 Å². The molecular weight excluding hydrogens is 556 g/mol. The molecule has 2 fully saturated rings. The van der Waals surface area contributed by atoms with E-state index in [4.69, 9.17) is 14.6 Å². The number of nitrogens with zero attached hydrogens (tertiary/aromatic N) is 2. The van der Waals surface area contributed by atoms with Crippen LogP contribution in [0.5, 0.6) is 5.75 Å². The lowest BCUT2D eigenvalue weighted by Crippen LogP contribution is -2.35. The number of piperidine rings is 1. The van der Waals surface area contributed by atoms with Crippen molar-refractivity contribution in [3.63, 3.8) is 0 Å². The number of ether oxygens (including phenoxy) is 2. The van der Waals surface area contributed by atoms with Crippen molar-refractivity contribution in [1.82, 2.24) is 4.57 Å². The molecule has 3 N–H and O–H groups in total. The monoisotopic (exact) mass is 596 g/mol. The number of anilines is 3. The van der Waals surface area contributed by atoms with Crippen molar-refractivity contribution in [3.8, 4) is 5.75 Å². The number of carbonyl (C=O) groups excluding carboxylic acids is 1. The Kier molecular flexibility index (Phi) is 7.39. The first-order chi connectivity index (χ1) is 20.0. The number of sulfonamides is 1. The highest BCUT2D eigenvalue weighted by Gasteiger charge is 2.44. The standard InChI is InChI=1S/C31H40N4O6S/c1-4-40-27-8-7-25(24-18-22-19-41-30(2,3)20-35(22)28(24)27)32-29(37)23-6-5-21(33-42(38,39)16-15-36)17-26(23)34-13-11-31(9-10-31)12-14-34/h5-8,17-18,33,36H,4,9-16,19-20H2,1-3H3,(H,32,37). The number of nitrogens with one attached hydrogen (secondary N) is 2. The lowest BCUT2D eigenvalue weighted by molar-refractivity contribution is -0.0614. The Morgan fingerprint density at radius 3 is 2.55 bits per heavy atom. The lowest BCUT2D eigenvalue weighted by atomic mass is 9.93. The molecule has 1 saturated carbocycles. The predicted molar refractivity (Wildman–Crippen MR) is 164 cm³/mol. The molecule has 0 atom stereocenters. The van der Waals surface area contributed by atoms with Gasteiger partial charge in [-0.1, -0.05) is 0 Å². The highest BCUT2D eigenvalue weighted by atomic mass is 32.2. The molecule has 3 heterocycles. The maximum Gasteiger partial charge on any atom is 0.257 e. The van der Waals surface area contributed by atoms with Crippen LogP contribution in [0, 0.1) is 5.41 Å². The van der Waals surface area contributed by atoms with Gasteiger partial charge < -0.3 is 29.4 Å². The van der Waals surface area contributed by atoms with Crippen molar-refractivity contribution in [2.75, 3.05) is 47.0 Å². The maximum atomic E-state index is 13.9. The van der Waals surface area contributed by atoms with E-state index in [1.165, 1.54) is 12.8 Å². The quantitative estimate of drug-likeness (QED) is 0.327. The minimum Gasteiger partial charge on any atom is -0.492 e. The zero-order chi connectivity index (χ0) is 29.7. The molecule has 3 aromatic rings. The average Bonchev–Trinajstić information content (AvgIpc) is 3.58. The third-order valence-electron chi connectivity index (χ3n) is 8.80. The van der Waals surface area contributed by atoms with Crippen LogP contribution in [0.2, 0.25) is 0 Å². The van der Waals surface area contributed by atoms with E-state index in [2.05, 4.69) is 39.4 Å². The van der Waals surface area contributed by atoms with Crippen LogP contribution in [0.1, 0.15) is 62.5 Å². The summed E-state index contributed by atoms with van der Waals surface area (Å²) in [7, 11) is -3.71. The molecule has 1 saturated heterocycles. The van der Waals surface area contributed by atoms with Gasteiger partial charge in [-0.25, -0.2) is 8.42 Å². The molecule has 2 aromatic carbocycles. The molecular formula is C31H40N4O6S. The normalized spacial score (nSPS) is 19.0. The van der Waals surface area contributed by atoms with Gasteiger partial charge in [0.1, 0.15) is 5.75 Å². The zero-order valence-corrected chi connectivity index (χ0v) is 25.3. The summed E-state index contributed by atoms with van der Waals surface area (Å²) in [6, 6.07) is 10.8. The first kappa shape index (κ1) is 28.8. The van der Waals surface area contributed by atoms with Crippen molar-refractivity contribution < 1.29 is 27.8 Å². The van der Waals surface area contributed by atoms with E-state index in [-0.39, 0.29) is 11.5 Å². The Hall–Kier alpha value is -3.28. The number of carbonyl (C=O) groups is 1. The number of fused-ring (bicyclic) bond motifs is 3. The van der Waals surface area contributed by atoms with E-state index in [1.54, 1.807) is 18.2 Å². The average molecular weight is 597 g/mol. The Morgan fingerprint density at radius 1 is 1.10 bits per heavy atom. The summed E-state index contributed by atoms with van der Waals surface area (Å²) in [6.07, 6.45) is 4.63. The van der Waals surface area contributed by atoms with E-state index in [9.17, 15) is 13.2 Å². The first-order valence-corrected chi connectivity index (χ1v) is 16.4. The highest BCUT2D eigenvalue weighted by molar-refractivity contribution is 7.92. The van der Waals surface area contributed by atoms with Gasteiger partial charge >= 0.3 is 0 Å². The topological polar surface area (TPSA) is 122 Å². The number of hydrogen-bond donors (Lipinski definition) is 3. The number of aliphatic hydroxyl groups is 1. The molecule has 0 bridgehead atoms. The van der Waals surface area contributed by atoms with Crippen molar-refractivity contribution in [2.24, 2.45) is 5.41 Å². The second-order valence-corrected chi connectivity index (χ2v) is 14.2. The molecule has 1 amide bonds. The van der Waals surface area contributed by atoms with E-state index >= 15 is 0 Å². The van der Waals surface area contributed by atoms with Crippen molar-refractivity contribution in [2.45, 2.75) is 65.2 Å². The van der Waals surface area contributed by atoms with Gasteiger partial charge in [0.15, 0.2) is 0 Å². The fraction of sp³-hybridized carbons (Fsp3) is 0.516. The molecule has 1 aliphatic carbocycles. The van der Waals surface area contributed by atoms with Crippen molar-refractivity contribution in [1.29, 1.82) is 0 Å². The van der Waals surface area contributed by atoms with Crippen LogP contribution in [0.25, 0.3) is 10.9 Å². The SMILES string of the molecule is CCOc1ccc(NC(=O)c2ccc(NS(=O)(=O)CCO)cc2N2CCC3(CC2)CC3)c2cc3n(c12)CC(C)(C)OC3. The van der Waals surface area contributed by atoms with E-state index in [0.717, 1.165) is 48.3 Å². The summed E-state index contributed by atoms with van der Waals surface area (Å²) in [6.45, 7) is 8.88. The van der Waals surface area contributed by atoms with E-state index < -0.39 is 22.4 Å². The predicted octanol–water partition coefficient (Wildman–Crippen LogP) is 4.72. The van der Waals surface area contributed by atoms with Gasteiger partial charge in [0.05, 0.1) is 65.9 Å². The largest absolute Gasteiger partial charge is 0.492 e. The second kappa shape index (κ2) is 10.8. The Bertz CT molecular complexity index is 1620. The molecule has 42 heavy (non-hydrogen) atoms. The molecule has 1 aromatic heterocycles. The molecule has 0 unspecified atom stereocenters. The fourth-order valence-electron chi connectivity index (χ4n) is 6.27. The Balaban J connectivity index is 1.35.